The molecular weight excluding hydrogens is 356 g/mol. The Balaban J connectivity index is 1.42. The predicted octanol–water partition coefficient (Wildman–Crippen LogP) is 1.65. The normalized spacial score (nSPS) is 20.8. The number of hydrogen-bond acceptors (Lipinski definition) is 7. The second kappa shape index (κ2) is 6.99. The third kappa shape index (κ3) is 3.26. The first-order valence-electron chi connectivity index (χ1n) is 8.60. The summed E-state index contributed by atoms with van der Waals surface area (Å²) in [6, 6.07) is 3.84. The van der Waals surface area contributed by atoms with Crippen molar-refractivity contribution in [3.63, 3.8) is 0 Å². The van der Waals surface area contributed by atoms with Crippen LogP contribution in [0.4, 0.5) is 0 Å². The van der Waals surface area contributed by atoms with E-state index in [1.807, 2.05) is 17.5 Å². The van der Waals surface area contributed by atoms with Gasteiger partial charge in [-0.25, -0.2) is 0 Å². The van der Waals surface area contributed by atoms with Gasteiger partial charge in [-0.2, -0.15) is 0 Å². The second-order valence-corrected chi connectivity index (χ2v) is 7.42. The number of likely N-dealkylation sites (tertiary alicyclic amines) is 2. The topological polar surface area (TPSA) is 96.6 Å². The van der Waals surface area contributed by atoms with Crippen molar-refractivity contribution in [1.82, 2.24) is 20.0 Å². The maximum absolute atomic E-state index is 12.5. The maximum atomic E-state index is 12.5. The van der Waals surface area contributed by atoms with E-state index in [1.54, 1.807) is 4.90 Å². The average molecular weight is 374 g/mol. The Kier molecular flexibility index (Phi) is 4.54. The lowest BCUT2D eigenvalue weighted by Gasteiger charge is -2.32. The minimum absolute atomic E-state index is 0.0288. The number of aromatic nitrogens is 2. The number of carbonyl (C=O) groups excluding carboxylic acids is 3. The van der Waals surface area contributed by atoms with Gasteiger partial charge in [0.15, 0.2) is 0 Å². The highest BCUT2D eigenvalue weighted by molar-refractivity contribution is 7.13. The molecule has 3 amide bonds. The lowest BCUT2D eigenvalue weighted by atomic mass is 9.98. The van der Waals surface area contributed by atoms with Gasteiger partial charge in [0.2, 0.25) is 23.6 Å². The van der Waals surface area contributed by atoms with Crippen LogP contribution in [-0.2, 0) is 14.4 Å². The maximum Gasteiger partial charge on any atom is 0.257 e. The average Bonchev–Trinajstić information content (AvgIpc) is 3.39. The van der Waals surface area contributed by atoms with E-state index >= 15 is 0 Å². The van der Waals surface area contributed by atoms with E-state index in [0.717, 1.165) is 22.6 Å². The molecule has 0 aliphatic carbocycles. The fourth-order valence-electron chi connectivity index (χ4n) is 3.34. The van der Waals surface area contributed by atoms with Crippen molar-refractivity contribution in [2.75, 3.05) is 19.6 Å². The fraction of sp³-hybridized carbons (Fsp3) is 0.471. The highest BCUT2D eigenvalue weighted by atomic mass is 32.1. The summed E-state index contributed by atoms with van der Waals surface area (Å²) in [5.41, 5.74) is 0. The van der Waals surface area contributed by atoms with E-state index in [2.05, 4.69) is 10.2 Å². The number of thiophene rings is 1. The summed E-state index contributed by atoms with van der Waals surface area (Å²) < 4.78 is 5.79. The van der Waals surface area contributed by atoms with Crippen LogP contribution in [0.1, 0.15) is 37.5 Å². The summed E-state index contributed by atoms with van der Waals surface area (Å²) >= 11 is 1.53. The van der Waals surface area contributed by atoms with E-state index in [4.69, 9.17) is 4.42 Å². The van der Waals surface area contributed by atoms with Gasteiger partial charge in [0.1, 0.15) is 6.54 Å². The molecule has 0 N–H and O–H groups in total. The summed E-state index contributed by atoms with van der Waals surface area (Å²) in [5, 5.41) is 10.2. The Bertz CT molecular complexity index is 816. The molecule has 26 heavy (non-hydrogen) atoms. The van der Waals surface area contributed by atoms with Crippen molar-refractivity contribution in [2.45, 2.75) is 31.6 Å². The molecule has 9 heteroatoms. The molecule has 1 unspecified atom stereocenters. The first kappa shape index (κ1) is 16.9. The largest absolute Gasteiger partial charge is 0.420 e. The van der Waals surface area contributed by atoms with Gasteiger partial charge in [0.05, 0.1) is 10.8 Å². The summed E-state index contributed by atoms with van der Waals surface area (Å²) in [5.74, 6) is 0.241. The van der Waals surface area contributed by atoms with Crippen LogP contribution in [0.2, 0.25) is 0 Å². The first-order chi connectivity index (χ1) is 12.6. The van der Waals surface area contributed by atoms with Gasteiger partial charge in [-0.3, -0.25) is 19.3 Å². The van der Waals surface area contributed by atoms with Crippen molar-refractivity contribution in [3.8, 4) is 10.8 Å². The van der Waals surface area contributed by atoms with Crippen LogP contribution in [-0.4, -0.2) is 57.4 Å². The van der Waals surface area contributed by atoms with Gasteiger partial charge < -0.3 is 9.32 Å². The molecule has 2 fully saturated rings. The molecular formula is C17H18N4O4S. The van der Waals surface area contributed by atoms with E-state index in [9.17, 15) is 14.4 Å². The molecule has 0 aromatic carbocycles. The Morgan fingerprint density at radius 2 is 2.08 bits per heavy atom. The smallest absolute Gasteiger partial charge is 0.257 e. The molecule has 1 atom stereocenters. The monoisotopic (exact) mass is 374 g/mol. The molecule has 2 saturated heterocycles. The molecule has 4 heterocycles. The number of imide groups is 1. The molecule has 136 valence electrons. The standard InChI is InChI=1S/C17H18N4O4S/c22-13-5-6-14(23)21(13)10-15(24)20-7-1-3-11(9-20)16-18-19-17(25-16)12-4-2-8-26-12/h2,4,8,11H,1,3,5-7,9-10H2. The lowest BCUT2D eigenvalue weighted by Crippen LogP contribution is -2.46. The minimum Gasteiger partial charge on any atom is -0.420 e. The molecule has 0 bridgehead atoms. The Morgan fingerprint density at radius 1 is 1.27 bits per heavy atom. The van der Waals surface area contributed by atoms with Gasteiger partial charge in [-0.05, 0) is 24.3 Å². The van der Waals surface area contributed by atoms with Crippen LogP contribution in [0.5, 0.6) is 0 Å². The third-order valence-electron chi connectivity index (χ3n) is 4.74. The number of nitrogens with zero attached hydrogens (tertiary/aromatic N) is 4. The van der Waals surface area contributed by atoms with E-state index in [-0.39, 0.29) is 43.0 Å². The van der Waals surface area contributed by atoms with Crippen LogP contribution in [0.3, 0.4) is 0 Å². The van der Waals surface area contributed by atoms with Crippen molar-refractivity contribution in [3.05, 3.63) is 23.4 Å². The molecule has 0 radical (unpaired) electrons. The van der Waals surface area contributed by atoms with Gasteiger partial charge in [0, 0.05) is 25.9 Å². The van der Waals surface area contributed by atoms with E-state index in [0.29, 0.717) is 24.9 Å². The van der Waals surface area contributed by atoms with Gasteiger partial charge >= 0.3 is 0 Å². The lowest BCUT2D eigenvalue weighted by molar-refractivity contribution is -0.146. The van der Waals surface area contributed by atoms with E-state index in [1.165, 1.54) is 11.3 Å². The Labute approximate surface area is 153 Å². The van der Waals surface area contributed by atoms with Crippen LogP contribution < -0.4 is 0 Å². The zero-order chi connectivity index (χ0) is 18.1. The Morgan fingerprint density at radius 3 is 2.81 bits per heavy atom. The molecule has 2 aliphatic rings. The molecule has 2 aromatic rings. The van der Waals surface area contributed by atoms with Gasteiger partial charge in [-0.15, -0.1) is 21.5 Å². The van der Waals surface area contributed by atoms with Gasteiger partial charge in [0.25, 0.3) is 5.89 Å². The SMILES string of the molecule is O=C(CN1C(=O)CCC1=O)N1CCCC(c2nnc(-c3cccs3)o2)C1. The van der Waals surface area contributed by atoms with Crippen molar-refractivity contribution < 1.29 is 18.8 Å². The van der Waals surface area contributed by atoms with Crippen LogP contribution in [0.25, 0.3) is 10.8 Å². The predicted molar refractivity (Wildman–Crippen MR) is 92.1 cm³/mol. The highest BCUT2D eigenvalue weighted by Gasteiger charge is 2.34. The Hall–Kier alpha value is -2.55. The van der Waals surface area contributed by atoms with Crippen molar-refractivity contribution >= 4 is 29.1 Å². The summed E-state index contributed by atoms with van der Waals surface area (Å²) in [7, 11) is 0. The third-order valence-corrected chi connectivity index (χ3v) is 5.60. The number of rotatable bonds is 4. The first-order valence-corrected chi connectivity index (χ1v) is 9.48. The van der Waals surface area contributed by atoms with Crippen LogP contribution >= 0.6 is 11.3 Å². The molecule has 4 rings (SSSR count). The molecule has 8 nitrogen and oxygen atoms in total. The van der Waals surface area contributed by atoms with Crippen molar-refractivity contribution in [1.29, 1.82) is 0 Å². The minimum atomic E-state index is -0.269. The molecule has 2 aromatic heterocycles. The number of amides is 3. The zero-order valence-electron chi connectivity index (χ0n) is 14.1. The number of carbonyl (C=O) groups is 3. The second-order valence-electron chi connectivity index (χ2n) is 6.48. The summed E-state index contributed by atoms with van der Waals surface area (Å²) in [6.45, 7) is 0.896. The van der Waals surface area contributed by atoms with E-state index < -0.39 is 0 Å². The molecule has 0 spiro atoms. The molecule has 0 saturated carbocycles. The summed E-state index contributed by atoms with van der Waals surface area (Å²) in [4.78, 5) is 39.6. The molecule has 2 aliphatic heterocycles. The highest BCUT2D eigenvalue weighted by Crippen LogP contribution is 2.30. The fourth-order valence-corrected chi connectivity index (χ4v) is 3.98. The number of hydrogen-bond donors (Lipinski definition) is 0. The van der Waals surface area contributed by atoms with Crippen molar-refractivity contribution in [2.24, 2.45) is 0 Å². The van der Waals surface area contributed by atoms with Crippen LogP contribution in [0, 0.1) is 0 Å². The summed E-state index contributed by atoms with van der Waals surface area (Å²) in [6.07, 6.45) is 2.07. The zero-order valence-corrected chi connectivity index (χ0v) is 14.9. The van der Waals surface area contributed by atoms with Gasteiger partial charge in [-0.1, -0.05) is 6.07 Å². The van der Waals surface area contributed by atoms with Crippen LogP contribution in [0.15, 0.2) is 21.9 Å². The number of piperidine rings is 1. The quantitative estimate of drug-likeness (QED) is 0.755.